The number of fused-ring (bicyclic) bond motifs is 5. The van der Waals surface area contributed by atoms with E-state index in [1.165, 1.54) is 27.1 Å². The lowest BCUT2D eigenvalue weighted by Crippen LogP contribution is -2.66. The van der Waals surface area contributed by atoms with E-state index in [1.807, 2.05) is 18.9 Å². The van der Waals surface area contributed by atoms with Crippen LogP contribution in [0.1, 0.15) is 12.5 Å². The number of pyridine rings is 1. The molecule has 2 aliphatic rings. The zero-order valence-corrected chi connectivity index (χ0v) is 17.0. The highest BCUT2D eigenvalue weighted by Gasteiger charge is 2.45. The van der Waals surface area contributed by atoms with E-state index in [2.05, 4.69) is 10.2 Å². The van der Waals surface area contributed by atoms with Crippen molar-refractivity contribution in [2.75, 3.05) is 37.5 Å². The number of aromatic nitrogens is 1. The Morgan fingerprint density at radius 2 is 1.97 bits per heavy atom. The van der Waals surface area contributed by atoms with E-state index in [-0.39, 0.29) is 28.9 Å². The zero-order chi connectivity index (χ0) is 21.2. The number of carbonyl (C=O) groups excluding carboxylic acids is 1. The molecule has 1 aromatic carbocycles. The standard InChI is InChI=1S/C20H24F2N4O3/c1-9-7-26-13(8-24(9)3)15(20(28)29-5)23-16-18(26)11-6-12(21)10(2)14(22)17(11)25(4)19(16)27/h6,9,13,15,23H,7-8H2,1-5H3. The molecule has 0 bridgehead atoms. The van der Waals surface area contributed by atoms with Gasteiger partial charge in [0.1, 0.15) is 17.5 Å². The number of rotatable bonds is 1. The molecule has 1 N–H and O–H groups in total. The summed E-state index contributed by atoms with van der Waals surface area (Å²) in [5.41, 5.74) is 0.0386. The van der Waals surface area contributed by atoms with E-state index in [0.29, 0.717) is 24.2 Å². The normalized spacial score (nSPS) is 24.1. The lowest BCUT2D eigenvalue weighted by molar-refractivity contribution is -0.142. The molecule has 3 atom stereocenters. The van der Waals surface area contributed by atoms with Crippen LogP contribution in [-0.2, 0) is 16.6 Å². The van der Waals surface area contributed by atoms with Gasteiger partial charge in [0.05, 0.1) is 24.4 Å². The van der Waals surface area contributed by atoms with Crippen molar-refractivity contribution in [3.05, 3.63) is 33.6 Å². The summed E-state index contributed by atoms with van der Waals surface area (Å²) in [7, 11) is 4.70. The number of hydrogen-bond donors (Lipinski definition) is 1. The van der Waals surface area contributed by atoms with Crippen LogP contribution in [0.4, 0.5) is 20.2 Å². The van der Waals surface area contributed by atoms with Crippen LogP contribution in [0, 0.1) is 18.6 Å². The molecule has 0 saturated carbocycles. The van der Waals surface area contributed by atoms with Crippen LogP contribution in [-0.4, -0.2) is 60.8 Å². The van der Waals surface area contributed by atoms with Crippen molar-refractivity contribution in [2.45, 2.75) is 32.0 Å². The third-order valence-corrected chi connectivity index (χ3v) is 6.28. The summed E-state index contributed by atoms with van der Waals surface area (Å²) < 4.78 is 35.6. The Balaban J connectivity index is 2.07. The largest absolute Gasteiger partial charge is 0.467 e. The van der Waals surface area contributed by atoms with Gasteiger partial charge in [0, 0.05) is 37.1 Å². The molecule has 2 aromatic rings. The number of ether oxygens (including phenoxy) is 1. The Kier molecular flexibility index (Phi) is 4.53. The van der Waals surface area contributed by atoms with E-state index >= 15 is 0 Å². The fourth-order valence-electron chi connectivity index (χ4n) is 4.42. The summed E-state index contributed by atoms with van der Waals surface area (Å²) in [5, 5.41) is 3.32. The van der Waals surface area contributed by atoms with Crippen LogP contribution in [0.3, 0.4) is 0 Å². The van der Waals surface area contributed by atoms with Gasteiger partial charge < -0.3 is 19.5 Å². The number of methoxy groups -OCH3 is 1. The molecular weight excluding hydrogens is 382 g/mol. The summed E-state index contributed by atoms with van der Waals surface area (Å²) in [6.45, 7) is 4.41. The molecule has 0 spiro atoms. The Hall–Kier alpha value is -2.68. The zero-order valence-electron chi connectivity index (χ0n) is 17.0. The number of anilines is 2. The third kappa shape index (κ3) is 2.71. The summed E-state index contributed by atoms with van der Waals surface area (Å²) in [6, 6.07) is 0.271. The second-order valence-corrected chi connectivity index (χ2v) is 7.93. The molecule has 0 amide bonds. The Morgan fingerprint density at radius 3 is 2.62 bits per heavy atom. The van der Waals surface area contributed by atoms with Crippen molar-refractivity contribution < 1.29 is 18.3 Å². The quantitative estimate of drug-likeness (QED) is 0.726. The van der Waals surface area contributed by atoms with E-state index < -0.39 is 29.2 Å². The predicted molar refractivity (Wildman–Crippen MR) is 106 cm³/mol. The topological polar surface area (TPSA) is 66.8 Å². The third-order valence-electron chi connectivity index (χ3n) is 6.28. The molecule has 1 aromatic heterocycles. The number of hydrogen-bond acceptors (Lipinski definition) is 6. The second-order valence-electron chi connectivity index (χ2n) is 7.93. The number of nitrogens with one attached hydrogen (secondary N) is 1. The van der Waals surface area contributed by atoms with Gasteiger partial charge in [-0.2, -0.15) is 0 Å². The molecule has 4 rings (SSSR count). The predicted octanol–water partition coefficient (Wildman–Crippen LogP) is 1.60. The molecule has 0 radical (unpaired) electrons. The maximum Gasteiger partial charge on any atom is 0.330 e. The highest BCUT2D eigenvalue weighted by Crippen LogP contribution is 2.41. The Labute approximate surface area is 166 Å². The molecule has 9 heteroatoms. The van der Waals surface area contributed by atoms with Gasteiger partial charge in [-0.15, -0.1) is 0 Å². The molecule has 29 heavy (non-hydrogen) atoms. The highest BCUT2D eigenvalue weighted by atomic mass is 19.1. The van der Waals surface area contributed by atoms with Crippen LogP contribution < -0.4 is 15.8 Å². The minimum atomic E-state index is -0.771. The molecule has 3 heterocycles. The van der Waals surface area contributed by atoms with Crippen molar-refractivity contribution in [2.24, 2.45) is 7.05 Å². The maximum absolute atomic E-state index is 15.0. The molecule has 7 nitrogen and oxygen atoms in total. The van der Waals surface area contributed by atoms with Crippen LogP contribution in [0.15, 0.2) is 10.9 Å². The van der Waals surface area contributed by atoms with Gasteiger partial charge in [0.25, 0.3) is 5.56 Å². The van der Waals surface area contributed by atoms with Crippen LogP contribution >= 0.6 is 0 Å². The van der Waals surface area contributed by atoms with Crippen molar-refractivity contribution in [3.8, 4) is 0 Å². The van der Waals surface area contributed by atoms with Crippen LogP contribution in [0.5, 0.6) is 0 Å². The van der Waals surface area contributed by atoms with Gasteiger partial charge in [-0.3, -0.25) is 9.69 Å². The van der Waals surface area contributed by atoms with Gasteiger partial charge in [0.15, 0.2) is 5.82 Å². The van der Waals surface area contributed by atoms with Gasteiger partial charge in [-0.25, -0.2) is 13.6 Å². The van der Waals surface area contributed by atoms with Crippen LogP contribution in [0.25, 0.3) is 10.9 Å². The number of benzene rings is 1. The molecule has 1 saturated heterocycles. The SMILES string of the molecule is COC(=O)C1Nc2c(c3cc(F)c(C)c(F)c3n(C)c2=O)N2CC(C)N(C)CC12. The lowest BCUT2D eigenvalue weighted by Gasteiger charge is -2.50. The summed E-state index contributed by atoms with van der Waals surface area (Å²) in [4.78, 5) is 29.6. The maximum atomic E-state index is 15.0. The van der Waals surface area contributed by atoms with Gasteiger partial charge >= 0.3 is 5.97 Å². The molecule has 2 aliphatic heterocycles. The number of aryl methyl sites for hydroxylation is 1. The van der Waals surface area contributed by atoms with Crippen molar-refractivity contribution >= 4 is 28.2 Å². The summed E-state index contributed by atoms with van der Waals surface area (Å²) in [6.07, 6.45) is 0. The van der Waals surface area contributed by atoms with E-state index in [1.54, 1.807) is 0 Å². The fraction of sp³-hybridized carbons (Fsp3) is 0.500. The average molecular weight is 406 g/mol. The minimum Gasteiger partial charge on any atom is -0.467 e. The first-order chi connectivity index (χ1) is 13.7. The number of halogens is 2. The number of esters is 1. The van der Waals surface area contributed by atoms with Crippen molar-refractivity contribution in [1.82, 2.24) is 9.47 Å². The molecular formula is C20H24F2N4O3. The number of carbonyl (C=O) groups is 1. The minimum absolute atomic E-state index is 0.0521. The van der Waals surface area contributed by atoms with Gasteiger partial charge in [0.2, 0.25) is 0 Å². The van der Waals surface area contributed by atoms with E-state index in [9.17, 15) is 18.4 Å². The molecule has 156 valence electrons. The van der Waals surface area contributed by atoms with E-state index in [0.717, 1.165) is 4.57 Å². The smallest absolute Gasteiger partial charge is 0.330 e. The van der Waals surface area contributed by atoms with E-state index in [4.69, 9.17) is 4.74 Å². The van der Waals surface area contributed by atoms with Gasteiger partial charge in [-0.1, -0.05) is 0 Å². The van der Waals surface area contributed by atoms with Crippen LogP contribution in [0.2, 0.25) is 0 Å². The summed E-state index contributed by atoms with van der Waals surface area (Å²) >= 11 is 0. The first kappa shape index (κ1) is 19.6. The first-order valence-corrected chi connectivity index (χ1v) is 9.49. The molecule has 0 aliphatic carbocycles. The number of nitrogens with zero attached hydrogens (tertiary/aromatic N) is 3. The Morgan fingerprint density at radius 1 is 1.28 bits per heavy atom. The summed E-state index contributed by atoms with van der Waals surface area (Å²) in [5.74, 6) is -1.92. The van der Waals surface area contributed by atoms with Crippen molar-refractivity contribution in [3.63, 3.8) is 0 Å². The fourth-order valence-corrected chi connectivity index (χ4v) is 4.42. The van der Waals surface area contributed by atoms with Crippen molar-refractivity contribution in [1.29, 1.82) is 0 Å². The Bertz CT molecular complexity index is 1080. The molecule has 3 unspecified atom stereocenters. The second kappa shape index (κ2) is 6.69. The number of likely N-dealkylation sites (N-methyl/N-ethyl adjacent to an activating group) is 1. The first-order valence-electron chi connectivity index (χ1n) is 9.49. The monoisotopic (exact) mass is 406 g/mol. The average Bonchev–Trinajstić information content (AvgIpc) is 2.69. The van der Waals surface area contributed by atoms with Gasteiger partial charge in [-0.05, 0) is 27.0 Å². The number of piperazine rings is 1. The highest BCUT2D eigenvalue weighted by molar-refractivity contribution is 6.02. The molecule has 1 fully saturated rings. The lowest BCUT2D eigenvalue weighted by atomic mass is 9.94.